The van der Waals surface area contributed by atoms with Crippen molar-refractivity contribution in [1.29, 1.82) is 0 Å². The van der Waals surface area contributed by atoms with Crippen molar-refractivity contribution in [3.63, 3.8) is 0 Å². The van der Waals surface area contributed by atoms with Gasteiger partial charge in [-0.05, 0) is 36.5 Å². The average molecular weight is 261 g/mol. The molecule has 0 aromatic heterocycles. The summed E-state index contributed by atoms with van der Waals surface area (Å²) in [4.78, 5) is 24.5. The first-order valence-corrected chi connectivity index (χ1v) is 6.73. The van der Waals surface area contributed by atoms with Crippen molar-refractivity contribution >= 4 is 11.9 Å². The zero-order valence-corrected chi connectivity index (χ0v) is 11.1. The molecule has 0 bridgehead atoms. The second-order valence-electron chi connectivity index (χ2n) is 4.94. The second-order valence-corrected chi connectivity index (χ2v) is 4.94. The van der Waals surface area contributed by atoms with Crippen LogP contribution in [0.4, 0.5) is 0 Å². The number of amides is 1. The Hall–Kier alpha value is -1.84. The monoisotopic (exact) mass is 261 g/mol. The molecule has 0 aliphatic carbocycles. The van der Waals surface area contributed by atoms with Crippen LogP contribution >= 0.6 is 0 Å². The molecule has 1 amide bonds. The van der Waals surface area contributed by atoms with E-state index in [1.54, 1.807) is 18.2 Å². The van der Waals surface area contributed by atoms with Crippen molar-refractivity contribution < 1.29 is 14.7 Å². The highest BCUT2D eigenvalue weighted by molar-refractivity contribution is 5.87. The third-order valence-corrected chi connectivity index (χ3v) is 3.76. The van der Waals surface area contributed by atoms with Gasteiger partial charge in [0, 0.05) is 19.5 Å². The summed E-state index contributed by atoms with van der Waals surface area (Å²) in [5.74, 6) is -0.321. The Bertz CT molecular complexity index is 476. The number of nitrogens with zero attached hydrogens (tertiary/aromatic N) is 1. The lowest BCUT2D eigenvalue weighted by Crippen LogP contribution is -2.37. The molecule has 2 rings (SSSR count). The van der Waals surface area contributed by atoms with Crippen molar-refractivity contribution in [3.05, 3.63) is 35.4 Å². The standard InChI is InChI=1S/C15H19NO3/c1-2-14(17)16-8-6-11(7-9-16)12-4-3-5-13(10-12)15(18)19/h3-5,10-11H,2,6-9H2,1H3,(H,18,19). The number of hydrogen-bond donors (Lipinski definition) is 1. The molecule has 1 aliphatic rings. The Morgan fingerprint density at radius 1 is 1.32 bits per heavy atom. The number of carbonyl (C=O) groups excluding carboxylic acids is 1. The van der Waals surface area contributed by atoms with Gasteiger partial charge in [0.15, 0.2) is 0 Å². The van der Waals surface area contributed by atoms with E-state index in [2.05, 4.69) is 0 Å². The Kier molecular flexibility index (Phi) is 4.20. The molecule has 1 aromatic carbocycles. The summed E-state index contributed by atoms with van der Waals surface area (Å²) in [7, 11) is 0. The molecule has 1 fully saturated rings. The molecule has 102 valence electrons. The molecule has 1 aliphatic heterocycles. The van der Waals surface area contributed by atoms with E-state index in [1.807, 2.05) is 17.9 Å². The summed E-state index contributed by atoms with van der Waals surface area (Å²) in [6, 6.07) is 7.14. The molecular weight excluding hydrogens is 242 g/mol. The number of carboxylic acid groups (broad SMARTS) is 1. The molecule has 0 unspecified atom stereocenters. The van der Waals surface area contributed by atoms with E-state index in [4.69, 9.17) is 5.11 Å². The van der Waals surface area contributed by atoms with E-state index >= 15 is 0 Å². The molecule has 0 atom stereocenters. The number of hydrogen-bond acceptors (Lipinski definition) is 2. The van der Waals surface area contributed by atoms with Crippen molar-refractivity contribution in [2.45, 2.75) is 32.1 Å². The minimum atomic E-state index is -0.888. The second kappa shape index (κ2) is 5.87. The highest BCUT2D eigenvalue weighted by Crippen LogP contribution is 2.28. The first kappa shape index (κ1) is 13.6. The van der Waals surface area contributed by atoms with Crippen LogP contribution in [0.3, 0.4) is 0 Å². The lowest BCUT2D eigenvalue weighted by atomic mass is 9.88. The summed E-state index contributed by atoms with van der Waals surface area (Å²) in [6.07, 6.45) is 2.38. The van der Waals surface area contributed by atoms with E-state index in [1.165, 1.54) is 0 Å². The molecule has 4 nitrogen and oxygen atoms in total. The van der Waals surface area contributed by atoms with E-state index in [9.17, 15) is 9.59 Å². The van der Waals surface area contributed by atoms with Gasteiger partial charge in [0.2, 0.25) is 5.91 Å². The lowest BCUT2D eigenvalue weighted by molar-refractivity contribution is -0.131. The fourth-order valence-corrected chi connectivity index (χ4v) is 2.61. The van der Waals surface area contributed by atoms with E-state index in [0.717, 1.165) is 31.5 Å². The number of rotatable bonds is 3. The number of likely N-dealkylation sites (tertiary alicyclic amines) is 1. The van der Waals surface area contributed by atoms with Crippen molar-refractivity contribution in [2.24, 2.45) is 0 Å². The average Bonchev–Trinajstić information content (AvgIpc) is 2.46. The third kappa shape index (κ3) is 3.13. The quantitative estimate of drug-likeness (QED) is 0.909. The Morgan fingerprint density at radius 3 is 2.58 bits per heavy atom. The lowest BCUT2D eigenvalue weighted by Gasteiger charge is -2.32. The van der Waals surface area contributed by atoms with Crippen LogP contribution in [-0.4, -0.2) is 35.0 Å². The van der Waals surface area contributed by atoms with E-state index in [0.29, 0.717) is 17.9 Å². The van der Waals surface area contributed by atoms with Gasteiger partial charge in [0.05, 0.1) is 5.56 Å². The third-order valence-electron chi connectivity index (χ3n) is 3.76. The molecule has 1 aromatic rings. The molecule has 19 heavy (non-hydrogen) atoms. The summed E-state index contributed by atoms with van der Waals surface area (Å²) in [5, 5.41) is 9.00. The molecular formula is C15H19NO3. The highest BCUT2D eigenvalue weighted by Gasteiger charge is 2.23. The van der Waals surface area contributed by atoms with Gasteiger partial charge in [-0.25, -0.2) is 4.79 Å². The zero-order chi connectivity index (χ0) is 13.8. The molecule has 0 saturated carbocycles. The fourth-order valence-electron chi connectivity index (χ4n) is 2.61. The summed E-state index contributed by atoms with van der Waals surface area (Å²) in [5.41, 5.74) is 1.41. The smallest absolute Gasteiger partial charge is 0.335 e. The topological polar surface area (TPSA) is 57.6 Å². The molecule has 0 radical (unpaired) electrons. The van der Waals surface area contributed by atoms with Crippen molar-refractivity contribution in [2.75, 3.05) is 13.1 Å². The van der Waals surface area contributed by atoms with Gasteiger partial charge >= 0.3 is 5.97 Å². The van der Waals surface area contributed by atoms with Crippen LogP contribution in [0.25, 0.3) is 0 Å². The zero-order valence-electron chi connectivity index (χ0n) is 11.1. The SMILES string of the molecule is CCC(=O)N1CCC(c2cccc(C(=O)O)c2)CC1. The normalized spacial score (nSPS) is 16.4. The Labute approximate surface area is 113 Å². The predicted molar refractivity (Wildman–Crippen MR) is 72.2 cm³/mol. The minimum Gasteiger partial charge on any atom is -0.478 e. The summed E-state index contributed by atoms with van der Waals surface area (Å²) in [6.45, 7) is 3.42. The number of benzene rings is 1. The maximum Gasteiger partial charge on any atom is 0.335 e. The fraction of sp³-hybridized carbons (Fsp3) is 0.467. The van der Waals surface area contributed by atoms with Gasteiger partial charge in [-0.2, -0.15) is 0 Å². The van der Waals surface area contributed by atoms with Gasteiger partial charge in [-0.3, -0.25) is 4.79 Å². The van der Waals surface area contributed by atoms with Gasteiger partial charge in [0.1, 0.15) is 0 Å². The number of carbonyl (C=O) groups is 2. The number of carboxylic acids is 1. The maximum absolute atomic E-state index is 11.6. The van der Waals surface area contributed by atoms with Crippen LogP contribution in [0.1, 0.15) is 48.0 Å². The van der Waals surface area contributed by atoms with Crippen LogP contribution in [0.15, 0.2) is 24.3 Å². The van der Waals surface area contributed by atoms with Crippen LogP contribution in [0.5, 0.6) is 0 Å². The number of piperidine rings is 1. The molecule has 1 N–H and O–H groups in total. The first-order chi connectivity index (χ1) is 9.11. The van der Waals surface area contributed by atoms with Crippen molar-refractivity contribution in [3.8, 4) is 0 Å². The van der Waals surface area contributed by atoms with Gasteiger partial charge in [0.25, 0.3) is 0 Å². The van der Waals surface area contributed by atoms with Crippen LogP contribution in [-0.2, 0) is 4.79 Å². The van der Waals surface area contributed by atoms with Crippen LogP contribution in [0, 0.1) is 0 Å². The van der Waals surface area contributed by atoms with Gasteiger partial charge in [-0.15, -0.1) is 0 Å². The van der Waals surface area contributed by atoms with Crippen LogP contribution < -0.4 is 0 Å². The summed E-state index contributed by atoms with van der Waals surface area (Å²) >= 11 is 0. The largest absolute Gasteiger partial charge is 0.478 e. The van der Waals surface area contributed by atoms with E-state index in [-0.39, 0.29) is 5.91 Å². The first-order valence-electron chi connectivity index (χ1n) is 6.73. The Morgan fingerprint density at radius 2 is 2.00 bits per heavy atom. The Balaban J connectivity index is 2.03. The highest BCUT2D eigenvalue weighted by atomic mass is 16.4. The minimum absolute atomic E-state index is 0.206. The molecule has 1 saturated heterocycles. The van der Waals surface area contributed by atoms with Crippen LogP contribution in [0.2, 0.25) is 0 Å². The molecule has 0 spiro atoms. The number of aromatic carboxylic acids is 1. The van der Waals surface area contributed by atoms with Gasteiger partial charge in [-0.1, -0.05) is 19.1 Å². The van der Waals surface area contributed by atoms with Crippen molar-refractivity contribution in [1.82, 2.24) is 4.90 Å². The molecule has 4 heteroatoms. The maximum atomic E-state index is 11.6. The van der Waals surface area contributed by atoms with E-state index < -0.39 is 5.97 Å². The predicted octanol–water partition coefficient (Wildman–Crippen LogP) is 2.50. The van der Waals surface area contributed by atoms with Gasteiger partial charge < -0.3 is 10.0 Å². The molecule has 1 heterocycles. The summed E-state index contributed by atoms with van der Waals surface area (Å²) < 4.78 is 0.